The van der Waals surface area contributed by atoms with Gasteiger partial charge in [0.1, 0.15) is 17.7 Å². The van der Waals surface area contributed by atoms with Crippen LogP contribution in [-0.4, -0.2) is 11.3 Å². The van der Waals surface area contributed by atoms with E-state index >= 15 is 0 Å². The van der Waals surface area contributed by atoms with Crippen molar-refractivity contribution in [3.63, 3.8) is 0 Å². The molecule has 0 saturated carbocycles. The number of aldehydes is 1. The lowest BCUT2D eigenvalue weighted by Crippen LogP contribution is -2.10. The van der Waals surface area contributed by atoms with Gasteiger partial charge in [-0.1, -0.05) is 0 Å². The highest BCUT2D eigenvalue weighted by atomic mass is 19.4. The molecular formula is C8H4F5NO. The summed E-state index contributed by atoms with van der Waals surface area (Å²) < 4.78 is 60.6. The normalized spacial score (nSPS) is 11.9. The third-order valence-electron chi connectivity index (χ3n) is 1.52. The molecule has 0 spiro atoms. The number of pyridine rings is 1. The number of halogens is 5. The second kappa shape index (κ2) is 3.92. The van der Waals surface area contributed by atoms with Crippen LogP contribution in [0.15, 0.2) is 12.1 Å². The van der Waals surface area contributed by atoms with Gasteiger partial charge in [-0.05, 0) is 12.1 Å². The molecule has 15 heavy (non-hydrogen) atoms. The van der Waals surface area contributed by atoms with Crippen LogP contribution in [0.3, 0.4) is 0 Å². The average Bonchev–Trinajstić information content (AvgIpc) is 2.15. The summed E-state index contributed by atoms with van der Waals surface area (Å²) in [5.41, 5.74) is -3.04. The van der Waals surface area contributed by atoms with Crippen LogP contribution in [0, 0.1) is 0 Å². The van der Waals surface area contributed by atoms with Gasteiger partial charge >= 0.3 is 6.18 Å². The van der Waals surface area contributed by atoms with Crippen LogP contribution in [-0.2, 0) is 6.18 Å². The van der Waals surface area contributed by atoms with Gasteiger partial charge in [0, 0.05) is 5.56 Å². The summed E-state index contributed by atoms with van der Waals surface area (Å²) in [6, 6.07) is 1.03. The predicted octanol–water partition coefficient (Wildman–Crippen LogP) is 2.85. The van der Waals surface area contributed by atoms with Crippen LogP contribution in [0.2, 0.25) is 0 Å². The van der Waals surface area contributed by atoms with Gasteiger partial charge in [0.25, 0.3) is 6.43 Å². The number of hydrogen-bond acceptors (Lipinski definition) is 2. The number of rotatable bonds is 2. The summed E-state index contributed by atoms with van der Waals surface area (Å²) in [6.45, 7) is 0. The Kier molecular flexibility index (Phi) is 3.01. The number of carbonyl (C=O) groups excluding carboxylic acids is 1. The van der Waals surface area contributed by atoms with E-state index in [1.165, 1.54) is 0 Å². The van der Waals surface area contributed by atoms with Crippen LogP contribution >= 0.6 is 0 Å². The lowest BCUT2D eigenvalue weighted by atomic mass is 10.2. The van der Waals surface area contributed by atoms with E-state index < -0.39 is 29.6 Å². The first kappa shape index (κ1) is 11.5. The number of hydrogen-bond donors (Lipinski definition) is 0. The summed E-state index contributed by atoms with van der Waals surface area (Å²) in [5, 5.41) is 0. The third-order valence-corrected chi connectivity index (χ3v) is 1.52. The van der Waals surface area contributed by atoms with Gasteiger partial charge < -0.3 is 0 Å². The predicted molar refractivity (Wildman–Crippen MR) is 39.6 cm³/mol. The first-order chi connectivity index (χ1) is 6.84. The Morgan fingerprint density at radius 3 is 2.27 bits per heavy atom. The maximum atomic E-state index is 12.1. The molecule has 0 bridgehead atoms. The lowest BCUT2D eigenvalue weighted by molar-refractivity contribution is -0.141. The zero-order chi connectivity index (χ0) is 11.6. The largest absolute Gasteiger partial charge is 0.433 e. The van der Waals surface area contributed by atoms with Crippen molar-refractivity contribution in [3.8, 4) is 0 Å². The molecule has 0 fully saturated rings. The first-order valence-electron chi connectivity index (χ1n) is 3.67. The van der Waals surface area contributed by atoms with Gasteiger partial charge in [-0.15, -0.1) is 0 Å². The van der Waals surface area contributed by atoms with Crippen molar-refractivity contribution < 1.29 is 26.7 Å². The van der Waals surface area contributed by atoms with Gasteiger partial charge in [-0.3, -0.25) is 4.79 Å². The molecule has 0 aliphatic rings. The topological polar surface area (TPSA) is 30.0 Å². The van der Waals surface area contributed by atoms with Crippen molar-refractivity contribution in [2.75, 3.05) is 0 Å². The summed E-state index contributed by atoms with van der Waals surface area (Å²) in [4.78, 5) is 12.9. The molecule has 0 atom stereocenters. The van der Waals surface area contributed by atoms with Crippen LogP contribution in [0.5, 0.6) is 0 Å². The van der Waals surface area contributed by atoms with Crippen molar-refractivity contribution >= 4 is 6.29 Å². The van der Waals surface area contributed by atoms with Gasteiger partial charge in [0.2, 0.25) is 0 Å². The number of alkyl halides is 5. The fraction of sp³-hybridized carbons (Fsp3) is 0.250. The van der Waals surface area contributed by atoms with E-state index in [0.29, 0.717) is 12.1 Å². The fourth-order valence-corrected chi connectivity index (χ4v) is 0.899. The Bertz CT molecular complexity index is 374. The molecule has 0 aliphatic heterocycles. The molecule has 0 saturated heterocycles. The molecule has 7 heteroatoms. The average molecular weight is 225 g/mol. The quantitative estimate of drug-likeness (QED) is 0.572. The lowest BCUT2D eigenvalue weighted by Gasteiger charge is -2.08. The Hall–Kier alpha value is -1.53. The van der Waals surface area contributed by atoms with Gasteiger partial charge in [0.15, 0.2) is 0 Å². The highest BCUT2D eigenvalue weighted by Gasteiger charge is 2.33. The molecule has 0 unspecified atom stereocenters. The molecule has 0 amide bonds. The summed E-state index contributed by atoms with van der Waals surface area (Å²) in [5.74, 6) is 0. The highest BCUT2D eigenvalue weighted by molar-refractivity contribution is 5.75. The van der Waals surface area contributed by atoms with Crippen molar-refractivity contribution in [2.24, 2.45) is 0 Å². The van der Waals surface area contributed by atoms with Crippen LogP contribution < -0.4 is 0 Å². The monoisotopic (exact) mass is 225 g/mol. The summed E-state index contributed by atoms with van der Waals surface area (Å²) >= 11 is 0. The smallest absolute Gasteiger partial charge is 0.298 e. The highest BCUT2D eigenvalue weighted by Crippen LogP contribution is 2.30. The minimum Gasteiger partial charge on any atom is -0.298 e. The molecule has 0 N–H and O–H groups in total. The Balaban J connectivity index is 3.29. The SMILES string of the molecule is O=Cc1cc(C(F)F)nc(C(F)(F)F)c1. The molecule has 1 aromatic rings. The molecule has 0 aromatic carbocycles. The van der Waals surface area contributed by atoms with Crippen molar-refractivity contribution in [1.29, 1.82) is 0 Å². The molecule has 1 aromatic heterocycles. The summed E-state index contributed by atoms with van der Waals surface area (Å²) in [6.07, 6.45) is -7.93. The number of nitrogens with zero attached hydrogens (tertiary/aromatic N) is 1. The third kappa shape index (κ3) is 2.71. The Labute approximate surface area is 80.7 Å². The first-order valence-corrected chi connectivity index (χ1v) is 3.67. The Morgan fingerprint density at radius 2 is 1.87 bits per heavy atom. The minimum atomic E-state index is -4.84. The fourth-order valence-electron chi connectivity index (χ4n) is 0.899. The van der Waals surface area contributed by atoms with Crippen molar-refractivity contribution in [1.82, 2.24) is 4.98 Å². The number of aromatic nitrogens is 1. The molecular weight excluding hydrogens is 221 g/mol. The molecule has 2 nitrogen and oxygen atoms in total. The van der Waals surface area contributed by atoms with Crippen LogP contribution in [0.1, 0.15) is 28.2 Å². The van der Waals surface area contributed by atoms with E-state index in [9.17, 15) is 26.7 Å². The van der Waals surface area contributed by atoms with Crippen molar-refractivity contribution in [2.45, 2.75) is 12.6 Å². The minimum absolute atomic E-state index is 0.0583. The second-order valence-corrected chi connectivity index (χ2v) is 2.63. The van der Waals surface area contributed by atoms with E-state index in [2.05, 4.69) is 4.98 Å². The zero-order valence-electron chi connectivity index (χ0n) is 7.05. The zero-order valence-corrected chi connectivity index (χ0v) is 7.05. The Morgan fingerprint density at radius 1 is 1.27 bits per heavy atom. The maximum Gasteiger partial charge on any atom is 0.433 e. The summed E-state index contributed by atoms with van der Waals surface area (Å²) in [7, 11) is 0. The molecule has 1 rings (SSSR count). The van der Waals surface area contributed by atoms with Crippen LogP contribution in [0.25, 0.3) is 0 Å². The molecule has 0 radical (unpaired) electrons. The van der Waals surface area contributed by atoms with Gasteiger partial charge in [-0.2, -0.15) is 13.2 Å². The second-order valence-electron chi connectivity index (χ2n) is 2.63. The standard InChI is InChI=1S/C8H4F5NO/c9-7(10)5-1-4(3-15)2-6(14-5)8(11,12)13/h1-3,7H. The van der Waals surface area contributed by atoms with Crippen LogP contribution in [0.4, 0.5) is 22.0 Å². The van der Waals surface area contributed by atoms with E-state index in [0.717, 1.165) is 0 Å². The molecule has 82 valence electrons. The van der Waals surface area contributed by atoms with E-state index in [4.69, 9.17) is 0 Å². The van der Waals surface area contributed by atoms with E-state index in [1.807, 2.05) is 0 Å². The molecule has 1 heterocycles. The van der Waals surface area contributed by atoms with Gasteiger partial charge in [-0.25, -0.2) is 13.8 Å². The van der Waals surface area contributed by atoms with Gasteiger partial charge in [0.05, 0.1) is 0 Å². The number of carbonyl (C=O) groups is 1. The van der Waals surface area contributed by atoms with Crippen molar-refractivity contribution in [3.05, 3.63) is 29.1 Å². The van der Waals surface area contributed by atoms with E-state index in [1.54, 1.807) is 0 Å². The van der Waals surface area contributed by atoms with E-state index in [-0.39, 0.29) is 6.29 Å². The molecule has 0 aliphatic carbocycles. The maximum absolute atomic E-state index is 12.1.